The molecule has 1 aliphatic rings. The van der Waals surface area contributed by atoms with Gasteiger partial charge in [-0.05, 0) is 19.9 Å². The SMILES string of the molecule is CC(C)(C(O)c1ccccc1F)N1CCOCC1. The molecule has 1 aromatic carbocycles. The molecule has 0 aliphatic carbocycles. The second-order valence-corrected chi connectivity index (χ2v) is 5.18. The van der Waals surface area contributed by atoms with Crippen LogP contribution in [0.2, 0.25) is 0 Å². The highest BCUT2D eigenvalue weighted by Gasteiger charge is 2.37. The Morgan fingerprint density at radius 3 is 2.50 bits per heavy atom. The summed E-state index contributed by atoms with van der Waals surface area (Å²) in [7, 11) is 0. The molecular weight excluding hydrogens is 233 g/mol. The fraction of sp³-hybridized carbons (Fsp3) is 0.571. The van der Waals surface area contributed by atoms with Gasteiger partial charge in [-0.15, -0.1) is 0 Å². The maximum Gasteiger partial charge on any atom is 0.129 e. The second-order valence-electron chi connectivity index (χ2n) is 5.18. The van der Waals surface area contributed by atoms with Crippen molar-refractivity contribution in [2.24, 2.45) is 0 Å². The Hall–Kier alpha value is -0.970. The molecule has 100 valence electrons. The lowest BCUT2D eigenvalue weighted by molar-refractivity contribution is -0.0639. The Bertz CT molecular complexity index is 403. The number of hydrogen-bond donors (Lipinski definition) is 1. The van der Waals surface area contributed by atoms with E-state index < -0.39 is 11.6 Å². The summed E-state index contributed by atoms with van der Waals surface area (Å²) in [5.74, 6) is -0.355. The molecule has 1 aromatic rings. The van der Waals surface area contributed by atoms with Crippen LogP contribution in [0, 0.1) is 5.82 Å². The fourth-order valence-electron chi connectivity index (χ4n) is 2.39. The summed E-state index contributed by atoms with van der Waals surface area (Å²) in [5.41, 5.74) is -0.152. The van der Waals surface area contributed by atoms with E-state index in [1.807, 2.05) is 13.8 Å². The van der Waals surface area contributed by atoms with Crippen molar-refractivity contribution in [3.8, 4) is 0 Å². The van der Waals surface area contributed by atoms with Crippen molar-refractivity contribution >= 4 is 0 Å². The third-order valence-electron chi connectivity index (χ3n) is 3.70. The summed E-state index contributed by atoms with van der Waals surface area (Å²) >= 11 is 0. The van der Waals surface area contributed by atoms with Gasteiger partial charge in [0.05, 0.1) is 19.3 Å². The van der Waals surface area contributed by atoms with Gasteiger partial charge in [-0.25, -0.2) is 4.39 Å². The Kier molecular flexibility index (Phi) is 4.00. The highest BCUT2D eigenvalue weighted by molar-refractivity contribution is 5.22. The Morgan fingerprint density at radius 1 is 1.28 bits per heavy atom. The Labute approximate surface area is 107 Å². The third kappa shape index (κ3) is 2.55. The van der Waals surface area contributed by atoms with Gasteiger partial charge in [0.2, 0.25) is 0 Å². The summed E-state index contributed by atoms with van der Waals surface area (Å²) in [6.45, 7) is 6.72. The number of ether oxygens (including phenoxy) is 1. The molecule has 1 unspecified atom stereocenters. The van der Waals surface area contributed by atoms with Crippen molar-refractivity contribution in [3.05, 3.63) is 35.6 Å². The molecule has 0 aromatic heterocycles. The van der Waals surface area contributed by atoms with Gasteiger partial charge >= 0.3 is 0 Å². The first kappa shape index (κ1) is 13.5. The maximum absolute atomic E-state index is 13.7. The summed E-state index contributed by atoms with van der Waals surface area (Å²) in [6, 6.07) is 6.40. The van der Waals surface area contributed by atoms with E-state index in [2.05, 4.69) is 4.90 Å². The van der Waals surface area contributed by atoms with E-state index in [1.54, 1.807) is 18.2 Å². The lowest BCUT2D eigenvalue weighted by Gasteiger charge is -2.43. The quantitative estimate of drug-likeness (QED) is 0.894. The molecule has 3 nitrogen and oxygen atoms in total. The molecule has 1 atom stereocenters. The van der Waals surface area contributed by atoms with Gasteiger partial charge in [0.15, 0.2) is 0 Å². The minimum atomic E-state index is -0.850. The van der Waals surface area contributed by atoms with Crippen LogP contribution in [0.1, 0.15) is 25.5 Å². The van der Waals surface area contributed by atoms with Crippen molar-refractivity contribution in [2.75, 3.05) is 26.3 Å². The molecular formula is C14H20FNO2. The van der Waals surface area contributed by atoms with Crippen LogP contribution in [0.25, 0.3) is 0 Å². The number of hydrogen-bond acceptors (Lipinski definition) is 3. The van der Waals surface area contributed by atoms with Gasteiger partial charge in [-0.1, -0.05) is 18.2 Å². The second kappa shape index (κ2) is 5.34. The standard InChI is InChI=1S/C14H20FNO2/c1-14(2,16-7-9-18-10-8-16)13(17)11-5-3-4-6-12(11)15/h3-6,13,17H,7-10H2,1-2H3. The van der Waals surface area contributed by atoms with Gasteiger partial charge < -0.3 is 9.84 Å². The molecule has 1 saturated heterocycles. The van der Waals surface area contributed by atoms with Crippen LogP contribution < -0.4 is 0 Å². The van der Waals surface area contributed by atoms with E-state index >= 15 is 0 Å². The maximum atomic E-state index is 13.7. The smallest absolute Gasteiger partial charge is 0.129 e. The predicted molar refractivity (Wildman–Crippen MR) is 67.8 cm³/mol. The third-order valence-corrected chi connectivity index (χ3v) is 3.70. The van der Waals surface area contributed by atoms with E-state index in [4.69, 9.17) is 4.74 Å². The van der Waals surface area contributed by atoms with Crippen molar-refractivity contribution in [3.63, 3.8) is 0 Å². The zero-order valence-corrected chi connectivity index (χ0v) is 10.9. The molecule has 1 N–H and O–H groups in total. The van der Waals surface area contributed by atoms with Crippen LogP contribution >= 0.6 is 0 Å². The number of halogens is 1. The van der Waals surface area contributed by atoms with Gasteiger partial charge in [-0.2, -0.15) is 0 Å². The van der Waals surface area contributed by atoms with Gasteiger partial charge in [0.25, 0.3) is 0 Å². The summed E-state index contributed by atoms with van der Waals surface area (Å²) in [5, 5.41) is 10.5. The number of morpholine rings is 1. The van der Waals surface area contributed by atoms with E-state index in [-0.39, 0.29) is 5.82 Å². The first-order chi connectivity index (χ1) is 8.53. The summed E-state index contributed by atoms with van der Waals surface area (Å²) in [4.78, 5) is 2.15. The molecule has 1 fully saturated rings. The van der Waals surface area contributed by atoms with Crippen LogP contribution in [0.3, 0.4) is 0 Å². The highest BCUT2D eigenvalue weighted by atomic mass is 19.1. The fourth-order valence-corrected chi connectivity index (χ4v) is 2.39. The predicted octanol–water partition coefficient (Wildman–Crippen LogP) is 1.97. The van der Waals surface area contributed by atoms with E-state index in [0.29, 0.717) is 18.8 Å². The van der Waals surface area contributed by atoms with Crippen molar-refractivity contribution in [1.82, 2.24) is 4.90 Å². The zero-order valence-electron chi connectivity index (χ0n) is 10.9. The van der Waals surface area contributed by atoms with Crippen LogP contribution in [-0.2, 0) is 4.74 Å². The topological polar surface area (TPSA) is 32.7 Å². The molecule has 0 spiro atoms. The van der Waals surface area contributed by atoms with Gasteiger partial charge in [0.1, 0.15) is 5.82 Å². The molecule has 1 heterocycles. The minimum Gasteiger partial charge on any atom is -0.386 e. The zero-order chi connectivity index (χ0) is 13.2. The minimum absolute atomic E-state index is 0.355. The lowest BCUT2D eigenvalue weighted by atomic mass is 9.89. The normalized spacial score (nSPS) is 19.8. The lowest BCUT2D eigenvalue weighted by Crippen LogP contribution is -2.53. The molecule has 18 heavy (non-hydrogen) atoms. The Morgan fingerprint density at radius 2 is 1.89 bits per heavy atom. The van der Waals surface area contributed by atoms with Crippen LogP contribution in [-0.4, -0.2) is 41.8 Å². The first-order valence-corrected chi connectivity index (χ1v) is 6.29. The Balaban J connectivity index is 2.20. The average Bonchev–Trinajstić information content (AvgIpc) is 2.39. The monoisotopic (exact) mass is 253 g/mol. The average molecular weight is 253 g/mol. The molecule has 0 radical (unpaired) electrons. The summed E-state index contributed by atoms with van der Waals surface area (Å²) < 4.78 is 19.0. The van der Waals surface area contributed by atoms with Crippen molar-refractivity contribution in [2.45, 2.75) is 25.5 Å². The summed E-state index contributed by atoms with van der Waals surface area (Å²) in [6.07, 6.45) is -0.850. The first-order valence-electron chi connectivity index (χ1n) is 6.29. The highest BCUT2D eigenvalue weighted by Crippen LogP contribution is 2.32. The molecule has 0 saturated carbocycles. The number of aliphatic hydroxyl groups excluding tert-OH is 1. The van der Waals surface area contributed by atoms with Crippen LogP contribution in [0.4, 0.5) is 4.39 Å². The largest absolute Gasteiger partial charge is 0.386 e. The molecule has 2 rings (SSSR count). The number of benzene rings is 1. The van der Waals surface area contributed by atoms with Crippen molar-refractivity contribution < 1.29 is 14.2 Å². The van der Waals surface area contributed by atoms with Crippen LogP contribution in [0.15, 0.2) is 24.3 Å². The molecule has 1 aliphatic heterocycles. The van der Waals surface area contributed by atoms with Gasteiger partial charge in [-0.3, -0.25) is 4.90 Å². The molecule has 4 heteroatoms. The number of nitrogens with zero attached hydrogens (tertiary/aromatic N) is 1. The van der Waals surface area contributed by atoms with Crippen LogP contribution in [0.5, 0.6) is 0 Å². The number of aliphatic hydroxyl groups is 1. The van der Waals surface area contributed by atoms with E-state index in [0.717, 1.165) is 13.1 Å². The van der Waals surface area contributed by atoms with E-state index in [9.17, 15) is 9.50 Å². The molecule has 0 amide bonds. The number of rotatable bonds is 3. The van der Waals surface area contributed by atoms with Gasteiger partial charge in [0, 0.05) is 24.2 Å². The van der Waals surface area contributed by atoms with Crippen molar-refractivity contribution in [1.29, 1.82) is 0 Å². The van der Waals surface area contributed by atoms with E-state index in [1.165, 1.54) is 6.07 Å². The molecule has 0 bridgehead atoms.